The second-order valence-electron chi connectivity index (χ2n) is 12.6. The Bertz CT molecular complexity index is 1610. The summed E-state index contributed by atoms with van der Waals surface area (Å²) in [6.07, 6.45) is 2.04. The summed E-state index contributed by atoms with van der Waals surface area (Å²) in [6, 6.07) is 22.7. The Morgan fingerprint density at radius 2 is 1.44 bits per heavy atom. The number of nitrogens with two attached hydrogens (primary N) is 1. The van der Waals surface area contributed by atoms with Gasteiger partial charge >= 0.3 is 12.0 Å². The Kier molecular flexibility index (Phi) is 15.8. The fourth-order valence-corrected chi connectivity index (χ4v) is 5.63. The van der Waals surface area contributed by atoms with Gasteiger partial charge in [-0.2, -0.15) is 0 Å². The van der Waals surface area contributed by atoms with Crippen LogP contribution in [0.4, 0.5) is 16.2 Å². The van der Waals surface area contributed by atoms with Crippen LogP contribution in [0.5, 0.6) is 0 Å². The number of hydrogen-bond acceptors (Lipinski definition) is 6. The molecule has 0 aromatic heterocycles. The zero-order valence-electron chi connectivity index (χ0n) is 28.8. The summed E-state index contributed by atoms with van der Waals surface area (Å²) < 4.78 is 0. The number of amides is 4. The van der Waals surface area contributed by atoms with Crippen LogP contribution in [-0.2, 0) is 36.8 Å². The van der Waals surface area contributed by atoms with Gasteiger partial charge in [0.1, 0.15) is 5.78 Å². The minimum Gasteiger partial charge on any atom is -0.481 e. The number of Topliss-reactive ketones (excluding diaryl/α,β-unsaturated/α-hetero) is 2. The molecule has 11 heteroatoms. The Labute approximate surface area is 293 Å². The second kappa shape index (κ2) is 20.3. The average molecular weight is 685 g/mol. The van der Waals surface area contributed by atoms with Gasteiger partial charge in [-0.05, 0) is 67.5 Å². The Morgan fingerprint density at radius 3 is 2.08 bits per heavy atom. The lowest BCUT2D eigenvalue weighted by Gasteiger charge is -2.23. The minimum absolute atomic E-state index is 0.0469. The molecule has 0 saturated carbocycles. The maximum absolute atomic E-state index is 13.7. The van der Waals surface area contributed by atoms with E-state index in [0.29, 0.717) is 37.1 Å². The molecule has 0 aliphatic heterocycles. The van der Waals surface area contributed by atoms with Crippen molar-refractivity contribution in [1.82, 2.24) is 5.32 Å². The first-order valence-corrected chi connectivity index (χ1v) is 17.1. The summed E-state index contributed by atoms with van der Waals surface area (Å²) in [5, 5.41) is 17.5. The van der Waals surface area contributed by atoms with Gasteiger partial charge in [-0.15, -0.1) is 0 Å². The van der Waals surface area contributed by atoms with Crippen molar-refractivity contribution in [3.8, 4) is 0 Å². The van der Waals surface area contributed by atoms with Crippen LogP contribution in [-0.4, -0.2) is 46.5 Å². The summed E-state index contributed by atoms with van der Waals surface area (Å²) in [6.45, 7) is 3.85. The number of hydrogen-bond donors (Lipinski definition) is 5. The molecule has 0 aliphatic rings. The first kappa shape index (κ1) is 39.1. The lowest BCUT2D eigenvalue weighted by molar-refractivity contribution is -0.138. The van der Waals surface area contributed by atoms with E-state index in [4.69, 9.17) is 10.8 Å². The summed E-state index contributed by atoms with van der Waals surface area (Å²) in [5.74, 6) is -4.52. The van der Waals surface area contributed by atoms with E-state index in [1.54, 1.807) is 24.3 Å². The molecule has 3 aromatic carbocycles. The second-order valence-corrected chi connectivity index (χ2v) is 12.6. The Balaban J connectivity index is 1.67. The van der Waals surface area contributed by atoms with E-state index in [9.17, 15) is 28.8 Å². The number of carboxylic acids is 1. The minimum atomic E-state index is -1.10. The quantitative estimate of drug-likeness (QED) is 0.0912. The molecule has 0 fully saturated rings. The van der Waals surface area contributed by atoms with E-state index in [1.807, 2.05) is 68.4 Å². The van der Waals surface area contributed by atoms with Crippen molar-refractivity contribution >= 4 is 46.8 Å². The number of aliphatic carboxylic acids is 1. The Morgan fingerprint density at radius 1 is 0.760 bits per heavy atom. The summed E-state index contributed by atoms with van der Waals surface area (Å²) in [5.41, 5.74) is 9.38. The number of carboxylic acid groups (broad SMARTS) is 1. The molecule has 3 aromatic rings. The number of para-hydroxylation sites is 1. The van der Waals surface area contributed by atoms with E-state index in [0.717, 1.165) is 23.1 Å². The predicted molar refractivity (Wildman–Crippen MR) is 192 cm³/mol. The zero-order valence-corrected chi connectivity index (χ0v) is 28.8. The lowest BCUT2D eigenvalue weighted by atomic mass is 9.89. The SMILES string of the molecule is CCCC[C@H](NC(=O)[C@H](CCc1ccccc1)CC(=O)Cc1ccc(NC(=O)Nc2ccccc2C)cc1)C(=O)C[C@@H](CCC(=O)O)C(N)=O. The van der Waals surface area contributed by atoms with Gasteiger partial charge < -0.3 is 26.8 Å². The molecule has 0 spiro atoms. The van der Waals surface area contributed by atoms with Crippen molar-refractivity contribution in [2.75, 3.05) is 10.6 Å². The number of aryl methyl sites for hydroxylation is 2. The van der Waals surface area contributed by atoms with Crippen LogP contribution in [0.25, 0.3) is 0 Å². The number of nitrogens with one attached hydrogen (secondary N) is 3. The average Bonchev–Trinajstić information content (AvgIpc) is 3.08. The molecule has 0 bridgehead atoms. The molecule has 0 aliphatic carbocycles. The number of anilines is 2. The van der Waals surface area contributed by atoms with Crippen molar-refractivity contribution in [3.63, 3.8) is 0 Å². The van der Waals surface area contributed by atoms with Crippen LogP contribution in [0.2, 0.25) is 0 Å². The van der Waals surface area contributed by atoms with Gasteiger partial charge in [-0.25, -0.2) is 4.79 Å². The van der Waals surface area contributed by atoms with Crippen molar-refractivity contribution in [3.05, 3.63) is 95.6 Å². The molecule has 0 radical (unpaired) electrons. The topological polar surface area (TPSA) is 185 Å². The predicted octanol–water partition coefficient (Wildman–Crippen LogP) is 5.99. The van der Waals surface area contributed by atoms with Gasteiger partial charge in [0.25, 0.3) is 0 Å². The van der Waals surface area contributed by atoms with E-state index >= 15 is 0 Å². The normalized spacial score (nSPS) is 12.6. The van der Waals surface area contributed by atoms with Crippen molar-refractivity contribution in [2.45, 2.75) is 84.1 Å². The maximum Gasteiger partial charge on any atom is 0.323 e. The number of carbonyl (C=O) groups excluding carboxylic acids is 5. The molecule has 4 amide bonds. The number of ketones is 2. The largest absolute Gasteiger partial charge is 0.481 e. The number of rotatable bonds is 21. The highest BCUT2D eigenvalue weighted by Crippen LogP contribution is 2.20. The zero-order chi connectivity index (χ0) is 36.5. The highest BCUT2D eigenvalue weighted by molar-refractivity contribution is 6.00. The molecule has 266 valence electrons. The molecule has 50 heavy (non-hydrogen) atoms. The summed E-state index contributed by atoms with van der Waals surface area (Å²) in [4.78, 5) is 75.9. The van der Waals surface area contributed by atoms with Gasteiger partial charge in [0.15, 0.2) is 5.78 Å². The van der Waals surface area contributed by atoms with Crippen LogP contribution in [0.15, 0.2) is 78.9 Å². The van der Waals surface area contributed by atoms with Crippen LogP contribution >= 0.6 is 0 Å². The number of carbonyl (C=O) groups is 6. The van der Waals surface area contributed by atoms with Crippen LogP contribution in [0, 0.1) is 18.8 Å². The molecule has 6 N–H and O–H groups in total. The highest BCUT2D eigenvalue weighted by atomic mass is 16.4. The molecule has 0 unspecified atom stereocenters. The molecule has 0 saturated heterocycles. The number of unbranched alkanes of at least 4 members (excludes halogenated alkanes) is 1. The van der Waals surface area contributed by atoms with Gasteiger partial charge in [0.05, 0.1) is 6.04 Å². The number of primary amides is 1. The van der Waals surface area contributed by atoms with Crippen LogP contribution in [0.3, 0.4) is 0 Å². The van der Waals surface area contributed by atoms with E-state index in [1.165, 1.54) is 0 Å². The molecule has 0 heterocycles. The number of urea groups is 1. The van der Waals surface area contributed by atoms with Gasteiger partial charge in [0, 0.05) is 48.9 Å². The highest BCUT2D eigenvalue weighted by Gasteiger charge is 2.30. The fourth-order valence-electron chi connectivity index (χ4n) is 5.63. The van der Waals surface area contributed by atoms with E-state index in [-0.39, 0.29) is 37.9 Å². The summed E-state index contributed by atoms with van der Waals surface area (Å²) in [7, 11) is 0. The molecule has 3 atom stereocenters. The van der Waals surface area contributed by atoms with E-state index < -0.39 is 47.5 Å². The maximum atomic E-state index is 13.7. The van der Waals surface area contributed by atoms with Crippen LogP contribution < -0.4 is 21.7 Å². The molecular weight excluding hydrogens is 636 g/mol. The molecule has 3 rings (SSSR count). The third kappa shape index (κ3) is 13.7. The smallest absolute Gasteiger partial charge is 0.323 e. The van der Waals surface area contributed by atoms with Gasteiger partial charge in [-0.1, -0.05) is 80.4 Å². The van der Waals surface area contributed by atoms with Crippen molar-refractivity contribution in [1.29, 1.82) is 0 Å². The van der Waals surface area contributed by atoms with Gasteiger partial charge in [0.2, 0.25) is 11.8 Å². The van der Waals surface area contributed by atoms with Crippen molar-refractivity contribution in [2.24, 2.45) is 17.6 Å². The first-order valence-electron chi connectivity index (χ1n) is 17.1. The molecule has 11 nitrogen and oxygen atoms in total. The number of benzene rings is 3. The van der Waals surface area contributed by atoms with Crippen molar-refractivity contribution < 1.29 is 33.9 Å². The Hall–Kier alpha value is -5.32. The standard InChI is InChI=1S/C39H48N4O7/c1-3-4-13-34(35(45)25-29(37(40)48)19-22-36(46)47)42-38(49)30(18-15-27-11-6-5-7-12-27)24-32(44)23-28-16-20-31(21-17-28)41-39(50)43-33-14-9-8-10-26(33)2/h5-12,14,16-17,20-21,29-30,34H,3-4,13,15,18-19,22-25H2,1-2H3,(H2,40,48)(H,42,49)(H,46,47)(H2,41,43,50)/t29-,30-,34+/m1/s1. The lowest BCUT2D eigenvalue weighted by Crippen LogP contribution is -2.45. The third-order valence-corrected chi connectivity index (χ3v) is 8.58. The summed E-state index contributed by atoms with van der Waals surface area (Å²) >= 11 is 0. The van der Waals surface area contributed by atoms with Crippen LogP contribution in [0.1, 0.15) is 75.0 Å². The van der Waals surface area contributed by atoms with Gasteiger partial charge in [-0.3, -0.25) is 24.0 Å². The monoisotopic (exact) mass is 684 g/mol. The fraction of sp³-hybridized carbons (Fsp3) is 0.385. The van der Waals surface area contributed by atoms with E-state index in [2.05, 4.69) is 16.0 Å². The molecular formula is C39H48N4O7. The third-order valence-electron chi connectivity index (χ3n) is 8.58. The first-order chi connectivity index (χ1) is 23.9.